The van der Waals surface area contributed by atoms with Crippen molar-refractivity contribution in [1.82, 2.24) is 4.98 Å². The molecule has 0 aliphatic carbocycles. The fourth-order valence-corrected chi connectivity index (χ4v) is 5.54. The van der Waals surface area contributed by atoms with Gasteiger partial charge in [0.05, 0.1) is 27.0 Å². The highest BCUT2D eigenvalue weighted by molar-refractivity contribution is 7.92. The predicted octanol–water partition coefficient (Wildman–Crippen LogP) is 3.49. The molecule has 176 valence electrons. The van der Waals surface area contributed by atoms with Crippen LogP contribution in [0, 0.1) is 0 Å². The molecule has 12 heteroatoms. The molecule has 0 unspecified atom stereocenters. The van der Waals surface area contributed by atoms with Gasteiger partial charge >= 0.3 is 0 Å². The van der Waals surface area contributed by atoms with Gasteiger partial charge in [0.15, 0.2) is 5.13 Å². The minimum atomic E-state index is -3.79. The Hall–Kier alpha value is -3.29. The third kappa shape index (κ3) is 5.43. The molecular formula is C22H20N4O5S3. The molecule has 0 saturated carbocycles. The number of anilines is 3. The highest BCUT2D eigenvalue weighted by Gasteiger charge is 2.17. The first-order chi connectivity index (χ1) is 16.2. The maximum Gasteiger partial charge on any atom is 0.261 e. The van der Waals surface area contributed by atoms with Crippen molar-refractivity contribution in [2.45, 2.75) is 16.4 Å². The van der Waals surface area contributed by atoms with Gasteiger partial charge in [-0.05, 0) is 48.5 Å². The summed E-state index contributed by atoms with van der Waals surface area (Å²) in [6, 6.07) is 20.6. The minimum Gasteiger partial charge on any atom is -0.391 e. The van der Waals surface area contributed by atoms with E-state index >= 15 is 0 Å². The zero-order chi connectivity index (χ0) is 24.3. The standard InChI is InChI=1S/C22H20N4O5S3/c23-33(28,29)18-12-8-16(9-13-18)24-22-25-21(20(14-27)32-22)15-6-10-19(11-7-15)34(30,31)26-17-4-2-1-3-5-17/h1-13,26-27H,14H2,(H,24,25)(H2,23,28,29). The van der Waals surface area contributed by atoms with Crippen molar-refractivity contribution in [2.24, 2.45) is 5.14 Å². The van der Waals surface area contributed by atoms with E-state index in [0.717, 1.165) is 0 Å². The van der Waals surface area contributed by atoms with Crippen molar-refractivity contribution in [3.63, 3.8) is 0 Å². The summed E-state index contributed by atoms with van der Waals surface area (Å²) in [5.41, 5.74) is 2.19. The third-order valence-corrected chi connectivity index (χ3v) is 8.02. The van der Waals surface area contributed by atoms with E-state index in [9.17, 15) is 21.9 Å². The Labute approximate surface area is 201 Å². The van der Waals surface area contributed by atoms with Crippen molar-refractivity contribution < 1.29 is 21.9 Å². The molecule has 4 rings (SSSR count). The molecule has 0 fully saturated rings. The molecule has 0 atom stereocenters. The van der Waals surface area contributed by atoms with E-state index in [1.807, 2.05) is 0 Å². The Bertz CT molecular complexity index is 1500. The van der Waals surface area contributed by atoms with Crippen LogP contribution >= 0.6 is 11.3 Å². The molecule has 1 heterocycles. The van der Waals surface area contributed by atoms with Crippen LogP contribution < -0.4 is 15.2 Å². The Morgan fingerprint density at radius 1 is 0.824 bits per heavy atom. The van der Waals surface area contributed by atoms with E-state index in [-0.39, 0.29) is 16.4 Å². The lowest BCUT2D eigenvalue weighted by molar-refractivity contribution is 0.286. The number of nitrogens with zero attached hydrogens (tertiary/aromatic N) is 1. The largest absolute Gasteiger partial charge is 0.391 e. The zero-order valence-electron chi connectivity index (χ0n) is 17.5. The Morgan fingerprint density at radius 2 is 1.44 bits per heavy atom. The molecule has 0 aliphatic rings. The van der Waals surface area contributed by atoms with Gasteiger partial charge in [0.25, 0.3) is 10.0 Å². The number of thiazole rings is 1. The number of nitrogens with one attached hydrogen (secondary N) is 2. The van der Waals surface area contributed by atoms with Crippen LogP contribution in [0.3, 0.4) is 0 Å². The quantitative estimate of drug-likeness (QED) is 0.280. The maximum atomic E-state index is 12.6. The number of benzene rings is 3. The summed E-state index contributed by atoms with van der Waals surface area (Å²) in [6.45, 7) is -0.255. The van der Waals surface area contributed by atoms with Gasteiger partial charge in [-0.2, -0.15) is 0 Å². The van der Waals surface area contributed by atoms with Crippen molar-refractivity contribution in [1.29, 1.82) is 0 Å². The molecule has 0 aliphatic heterocycles. The molecule has 4 aromatic rings. The van der Waals surface area contributed by atoms with E-state index < -0.39 is 20.0 Å². The summed E-state index contributed by atoms with van der Waals surface area (Å²) in [5, 5.41) is 18.4. The molecule has 0 radical (unpaired) electrons. The van der Waals surface area contributed by atoms with Gasteiger partial charge in [0.2, 0.25) is 10.0 Å². The molecular weight excluding hydrogens is 496 g/mol. The number of rotatable bonds is 8. The first kappa shape index (κ1) is 23.9. The third-order valence-electron chi connectivity index (χ3n) is 4.74. The Morgan fingerprint density at radius 3 is 2.03 bits per heavy atom. The van der Waals surface area contributed by atoms with Crippen LogP contribution in [0.2, 0.25) is 0 Å². The van der Waals surface area contributed by atoms with Crippen molar-refractivity contribution in [2.75, 3.05) is 10.0 Å². The second-order valence-electron chi connectivity index (χ2n) is 7.14. The lowest BCUT2D eigenvalue weighted by Crippen LogP contribution is -2.12. The number of aliphatic hydroxyl groups excluding tert-OH is 1. The highest BCUT2D eigenvalue weighted by atomic mass is 32.2. The summed E-state index contributed by atoms with van der Waals surface area (Å²) in [4.78, 5) is 5.18. The smallest absolute Gasteiger partial charge is 0.261 e. The molecule has 5 N–H and O–H groups in total. The molecule has 9 nitrogen and oxygen atoms in total. The van der Waals surface area contributed by atoms with E-state index in [0.29, 0.717) is 32.6 Å². The number of primary sulfonamides is 1. The average Bonchev–Trinajstić information content (AvgIpc) is 3.22. The molecule has 0 spiro atoms. The van der Waals surface area contributed by atoms with Gasteiger partial charge in [-0.1, -0.05) is 41.7 Å². The first-order valence-electron chi connectivity index (χ1n) is 9.84. The van der Waals surface area contributed by atoms with Crippen LogP contribution in [0.1, 0.15) is 4.88 Å². The second kappa shape index (κ2) is 9.52. The second-order valence-corrected chi connectivity index (χ2v) is 11.5. The van der Waals surface area contributed by atoms with Crippen molar-refractivity contribution in [3.8, 4) is 11.3 Å². The monoisotopic (exact) mass is 516 g/mol. The number of nitrogens with two attached hydrogens (primary N) is 1. The fourth-order valence-electron chi connectivity index (χ4n) is 3.10. The highest BCUT2D eigenvalue weighted by Crippen LogP contribution is 2.33. The van der Waals surface area contributed by atoms with Crippen LogP contribution in [-0.2, 0) is 26.7 Å². The number of sulfonamides is 2. The van der Waals surface area contributed by atoms with Crippen molar-refractivity contribution in [3.05, 3.63) is 83.7 Å². The van der Waals surface area contributed by atoms with Gasteiger partial charge in [0.1, 0.15) is 0 Å². The van der Waals surface area contributed by atoms with Gasteiger partial charge in [-0.25, -0.2) is 27.0 Å². The van der Waals surface area contributed by atoms with Gasteiger partial charge < -0.3 is 10.4 Å². The number of aliphatic hydroxyl groups is 1. The summed E-state index contributed by atoms with van der Waals surface area (Å²) in [7, 11) is -7.55. The summed E-state index contributed by atoms with van der Waals surface area (Å²) < 4.78 is 50.6. The van der Waals surface area contributed by atoms with E-state index in [2.05, 4.69) is 15.0 Å². The van der Waals surface area contributed by atoms with Crippen LogP contribution in [0.5, 0.6) is 0 Å². The van der Waals surface area contributed by atoms with Crippen LogP contribution in [0.15, 0.2) is 88.7 Å². The van der Waals surface area contributed by atoms with Gasteiger partial charge in [-0.15, -0.1) is 0 Å². The number of hydrogen-bond acceptors (Lipinski definition) is 8. The Kier molecular flexibility index (Phi) is 6.68. The maximum absolute atomic E-state index is 12.6. The Balaban J connectivity index is 1.55. The van der Waals surface area contributed by atoms with E-state index in [1.54, 1.807) is 54.6 Å². The summed E-state index contributed by atoms with van der Waals surface area (Å²) in [6.07, 6.45) is 0. The number of aromatic nitrogens is 1. The fraction of sp³-hybridized carbons (Fsp3) is 0.0455. The lowest BCUT2D eigenvalue weighted by atomic mass is 10.1. The summed E-state index contributed by atoms with van der Waals surface area (Å²) in [5.74, 6) is 0. The summed E-state index contributed by atoms with van der Waals surface area (Å²) >= 11 is 1.22. The number of hydrogen-bond donors (Lipinski definition) is 4. The molecule has 34 heavy (non-hydrogen) atoms. The molecule has 1 aromatic heterocycles. The van der Waals surface area contributed by atoms with Crippen LogP contribution in [-0.4, -0.2) is 26.9 Å². The van der Waals surface area contributed by atoms with Crippen molar-refractivity contribution >= 4 is 47.9 Å². The van der Waals surface area contributed by atoms with Gasteiger partial charge in [-0.3, -0.25) is 4.72 Å². The normalized spacial score (nSPS) is 11.8. The molecule has 0 amide bonds. The van der Waals surface area contributed by atoms with Crippen LogP contribution in [0.4, 0.5) is 16.5 Å². The minimum absolute atomic E-state index is 0.00859. The van der Waals surface area contributed by atoms with E-state index in [1.165, 1.54) is 35.6 Å². The topological polar surface area (TPSA) is 151 Å². The number of para-hydroxylation sites is 1. The van der Waals surface area contributed by atoms with Crippen LogP contribution in [0.25, 0.3) is 11.3 Å². The zero-order valence-corrected chi connectivity index (χ0v) is 20.0. The first-order valence-corrected chi connectivity index (χ1v) is 13.7. The molecule has 0 bridgehead atoms. The average molecular weight is 517 g/mol. The predicted molar refractivity (Wildman–Crippen MR) is 132 cm³/mol. The molecule has 0 saturated heterocycles. The lowest BCUT2D eigenvalue weighted by Gasteiger charge is -2.08. The SMILES string of the molecule is NS(=O)(=O)c1ccc(Nc2nc(-c3ccc(S(=O)(=O)Nc4ccccc4)cc3)c(CO)s2)cc1. The van der Waals surface area contributed by atoms with E-state index in [4.69, 9.17) is 5.14 Å². The van der Waals surface area contributed by atoms with Gasteiger partial charge in [0, 0.05) is 16.9 Å². The molecule has 3 aromatic carbocycles.